The van der Waals surface area contributed by atoms with E-state index >= 15 is 0 Å². The molecule has 6 nitrogen and oxygen atoms in total. The number of aliphatic imine (C=N–C) groups is 1. The molecule has 0 aromatic carbocycles. The van der Waals surface area contributed by atoms with Crippen molar-refractivity contribution in [3.05, 3.63) is 0 Å². The van der Waals surface area contributed by atoms with Crippen molar-refractivity contribution in [2.24, 2.45) is 4.99 Å². The van der Waals surface area contributed by atoms with Crippen LogP contribution in [0, 0.1) is 0 Å². The van der Waals surface area contributed by atoms with Gasteiger partial charge in [0.05, 0.1) is 13.2 Å². The monoisotopic (exact) mass is 400 g/mol. The number of halogens is 1. The van der Waals surface area contributed by atoms with Crippen LogP contribution in [0.15, 0.2) is 4.99 Å². The Labute approximate surface area is 139 Å². The molecule has 0 radical (unpaired) electrons. The zero-order valence-electron chi connectivity index (χ0n) is 13.0. The van der Waals surface area contributed by atoms with Crippen molar-refractivity contribution in [3.63, 3.8) is 0 Å². The summed E-state index contributed by atoms with van der Waals surface area (Å²) in [5, 5.41) is 9.10. The standard InChI is InChI=1S/C13H28N4O2.HI/c1-5-14-13(16-9-10-19-6-2)15-8-7-12(18)17-11(3)4;/h11H,5-10H2,1-4H3,(H,17,18)(H2,14,15,16);1H. The Kier molecular flexibility index (Phi) is 16.1. The summed E-state index contributed by atoms with van der Waals surface area (Å²) >= 11 is 0. The fourth-order valence-electron chi connectivity index (χ4n) is 1.40. The second-order valence-electron chi connectivity index (χ2n) is 4.36. The van der Waals surface area contributed by atoms with Crippen LogP contribution < -0.4 is 16.0 Å². The summed E-state index contributed by atoms with van der Waals surface area (Å²) in [5.41, 5.74) is 0. The first-order valence-electron chi connectivity index (χ1n) is 6.99. The van der Waals surface area contributed by atoms with E-state index < -0.39 is 0 Å². The molecule has 7 heteroatoms. The van der Waals surface area contributed by atoms with Gasteiger partial charge in [-0.05, 0) is 27.7 Å². The Hall–Kier alpha value is -0.570. The second kappa shape index (κ2) is 14.8. The lowest BCUT2D eigenvalue weighted by atomic mass is 10.3. The summed E-state index contributed by atoms with van der Waals surface area (Å²) < 4.78 is 5.22. The van der Waals surface area contributed by atoms with E-state index in [1.807, 2.05) is 27.7 Å². The van der Waals surface area contributed by atoms with Gasteiger partial charge >= 0.3 is 0 Å². The van der Waals surface area contributed by atoms with Gasteiger partial charge in [0.2, 0.25) is 5.91 Å². The molecule has 0 aromatic heterocycles. The van der Waals surface area contributed by atoms with Gasteiger partial charge in [0.15, 0.2) is 5.96 Å². The smallest absolute Gasteiger partial charge is 0.221 e. The SMILES string of the molecule is CCNC(=NCCOCC)NCCC(=O)NC(C)C.I. The highest BCUT2D eigenvalue weighted by molar-refractivity contribution is 14.0. The highest BCUT2D eigenvalue weighted by Crippen LogP contribution is 1.83. The van der Waals surface area contributed by atoms with Gasteiger partial charge in [0.25, 0.3) is 0 Å². The highest BCUT2D eigenvalue weighted by atomic mass is 127. The molecule has 0 aliphatic carbocycles. The quantitative estimate of drug-likeness (QED) is 0.235. The molecule has 0 fully saturated rings. The Morgan fingerprint density at radius 2 is 1.95 bits per heavy atom. The van der Waals surface area contributed by atoms with Gasteiger partial charge < -0.3 is 20.7 Å². The lowest BCUT2D eigenvalue weighted by Crippen LogP contribution is -2.40. The molecule has 3 N–H and O–H groups in total. The molecule has 0 bridgehead atoms. The van der Waals surface area contributed by atoms with E-state index in [9.17, 15) is 4.79 Å². The first kappa shape index (κ1) is 21.7. The van der Waals surface area contributed by atoms with Crippen molar-refractivity contribution in [2.45, 2.75) is 40.2 Å². The van der Waals surface area contributed by atoms with Crippen LogP contribution >= 0.6 is 24.0 Å². The molecule has 0 spiro atoms. The fraction of sp³-hybridized carbons (Fsp3) is 0.846. The summed E-state index contributed by atoms with van der Waals surface area (Å²) in [6.45, 7) is 11.1. The molecular weight excluding hydrogens is 371 g/mol. The van der Waals surface area contributed by atoms with Crippen LogP contribution in [0.3, 0.4) is 0 Å². The maximum Gasteiger partial charge on any atom is 0.221 e. The van der Waals surface area contributed by atoms with Crippen LogP contribution in [0.4, 0.5) is 0 Å². The third-order valence-electron chi connectivity index (χ3n) is 2.15. The zero-order valence-corrected chi connectivity index (χ0v) is 15.3. The molecular formula is C13H29IN4O2. The van der Waals surface area contributed by atoms with E-state index in [-0.39, 0.29) is 35.9 Å². The van der Waals surface area contributed by atoms with E-state index in [4.69, 9.17) is 4.74 Å². The van der Waals surface area contributed by atoms with Crippen LogP contribution in [-0.2, 0) is 9.53 Å². The van der Waals surface area contributed by atoms with Gasteiger partial charge in [-0.1, -0.05) is 0 Å². The zero-order chi connectivity index (χ0) is 14.5. The summed E-state index contributed by atoms with van der Waals surface area (Å²) in [5.74, 6) is 0.771. The molecule has 0 saturated heterocycles. The highest BCUT2D eigenvalue weighted by Gasteiger charge is 2.03. The van der Waals surface area contributed by atoms with Crippen LogP contribution in [0.5, 0.6) is 0 Å². The maximum absolute atomic E-state index is 11.5. The minimum absolute atomic E-state index is 0. The lowest BCUT2D eigenvalue weighted by molar-refractivity contribution is -0.121. The average Bonchev–Trinajstić information content (AvgIpc) is 2.33. The molecule has 20 heavy (non-hydrogen) atoms. The second-order valence-corrected chi connectivity index (χ2v) is 4.36. The summed E-state index contributed by atoms with van der Waals surface area (Å²) in [7, 11) is 0. The first-order chi connectivity index (χ1) is 9.10. The largest absolute Gasteiger partial charge is 0.380 e. The molecule has 0 unspecified atom stereocenters. The molecule has 0 aliphatic heterocycles. The Bertz CT molecular complexity index is 273. The number of hydrogen-bond donors (Lipinski definition) is 3. The van der Waals surface area contributed by atoms with E-state index in [1.54, 1.807) is 0 Å². The number of nitrogens with one attached hydrogen (secondary N) is 3. The number of guanidine groups is 1. The molecule has 0 aromatic rings. The Morgan fingerprint density at radius 1 is 1.25 bits per heavy atom. The van der Waals surface area contributed by atoms with Gasteiger partial charge in [-0.25, -0.2) is 0 Å². The van der Waals surface area contributed by atoms with Crippen molar-refractivity contribution >= 4 is 35.8 Å². The molecule has 1 amide bonds. The van der Waals surface area contributed by atoms with Crippen molar-refractivity contribution in [1.29, 1.82) is 0 Å². The third-order valence-corrected chi connectivity index (χ3v) is 2.15. The van der Waals surface area contributed by atoms with E-state index in [0.29, 0.717) is 32.7 Å². The summed E-state index contributed by atoms with van der Waals surface area (Å²) in [6.07, 6.45) is 0.439. The van der Waals surface area contributed by atoms with E-state index in [1.165, 1.54) is 0 Å². The van der Waals surface area contributed by atoms with Crippen LogP contribution in [-0.4, -0.2) is 50.8 Å². The van der Waals surface area contributed by atoms with Gasteiger partial charge in [0, 0.05) is 32.2 Å². The number of carbonyl (C=O) groups is 1. The summed E-state index contributed by atoms with van der Waals surface area (Å²) in [6, 6.07) is 0.181. The maximum atomic E-state index is 11.5. The third kappa shape index (κ3) is 13.9. The predicted molar refractivity (Wildman–Crippen MR) is 93.8 cm³/mol. The molecule has 0 saturated carbocycles. The van der Waals surface area contributed by atoms with Gasteiger partial charge in [0.1, 0.15) is 0 Å². The topological polar surface area (TPSA) is 74.8 Å². The number of hydrogen-bond acceptors (Lipinski definition) is 3. The van der Waals surface area contributed by atoms with Crippen LogP contribution in [0.25, 0.3) is 0 Å². The Morgan fingerprint density at radius 3 is 2.50 bits per heavy atom. The van der Waals surface area contributed by atoms with Gasteiger partial charge in [-0.3, -0.25) is 9.79 Å². The molecule has 0 rings (SSSR count). The number of rotatable bonds is 9. The van der Waals surface area contributed by atoms with Crippen LogP contribution in [0.2, 0.25) is 0 Å². The molecule has 0 heterocycles. The number of ether oxygens (including phenoxy) is 1. The minimum Gasteiger partial charge on any atom is -0.380 e. The lowest BCUT2D eigenvalue weighted by Gasteiger charge is -2.12. The van der Waals surface area contributed by atoms with Gasteiger partial charge in [-0.2, -0.15) is 0 Å². The molecule has 0 atom stereocenters. The van der Waals surface area contributed by atoms with Crippen molar-refractivity contribution < 1.29 is 9.53 Å². The van der Waals surface area contributed by atoms with E-state index in [2.05, 4.69) is 20.9 Å². The van der Waals surface area contributed by atoms with E-state index in [0.717, 1.165) is 12.5 Å². The molecule has 120 valence electrons. The normalized spacial score (nSPS) is 10.9. The average molecular weight is 400 g/mol. The molecule has 0 aliphatic rings. The van der Waals surface area contributed by atoms with Crippen molar-refractivity contribution in [1.82, 2.24) is 16.0 Å². The summed E-state index contributed by atoms with van der Waals surface area (Å²) in [4.78, 5) is 15.8. The fourth-order valence-corrected chi connectivity index (χ4v) is 1.40. The number of carbonyl (C=O) groups excluding carboxylic acids is 1. The number of amides is 1. The van der Waals surface area contributed by atoms with Gasteiger partial charge in [-0.15, -0.1) is 24.0 Å². The minimum atomic E-state index is 0. The van der Waals surface area contributed by atoms with Crippen molar-refractivity contribution in [3.8, 4) is 0 Å². The predicted octanol–water partition coefficient (Wildman–Crippen LogP) is 1.11. The van der Waals surface area contributed by atoms with Crippen molar-refractivity contribution in [2.75, 3.05) is 32.8 Å². The first-order valence-corrected chi connectivity index (χ1v) is 6.99. The Balaban J connectivity index is 0. The van der Waals surface area contributed by atoms with Crippen LogP contribution in [0.1, 0.15) is 34.1 Å². The number of nitrogens with zero attached hydrogens (tertiary/aromatic N) is 1.